The lowest BCUT2D eigenvalue weighted by Gasteiger charge is -2.07. The number of pyridine rings is 1. The topological polar surface area (TPSA) is 54.0 Å². The number of anilines is 1. The summed E-state index contributed by atoms with van der Waals surface area (Å²) >= 11 is 0. The van der Waals surface area contributed by atoms with E-state index in [1.807, 2.05) is 36.5 Å². The fourth-order valence-corrected chi connectivity index (χ4v) is 2.40. The van der Waals surface area contributed by atoms with Crippen LogP contribution < -0.4 is 10.6 Å². The van der Waals surface area contributed by atoms with E-state index in [0.29, 0.717) is 12.1 Å². The van der Waals surface area contributed by atoms with Crippen LogP contribution in [0.3, 0.4) is 0 Å². The van der Waals surface area contributed by atoms with Crippen LogP contribution in [0.25, 0.3) is 0 Å². The molecule has 0 bridgehead atoms. The molecule has 0 aliphatic carbocycles. The summed E-state index contributed by atoms with van der Waals surface area (Å²) in [6.07, 6.45) is 5.41. The van der Waals surface area contributed by atoms with Gasteiger partial charge >= 0.3 is 0 Å². The Morgan fingerprint density at radius 3 is 3.15 bits per heavy atom. The van der Waals surface area contributed by atoms with Crippen LogP contribution in [0.5, 0.6) is 0 Å². The highest BCUT2D eigenvalue weighted by molar-refractivity contribution is 5.95. The van der Waals surface area contributed by atoms with Gasteiger partial charge in [0.2, 0.25) is 0 Å². The number of carbonyl (C=O) groups is 1. The van der Waals surface area contributed by atoms with Crippen molar-refractivity contribution in [1.29, 1.82) is 0 Å². The standard InChI is InChI=1S/C16H17N3O/c20-16(19-8-5-12-2-1-7-17-11-12)14-4-3-13-6-9-18-15(13)10-14/h1-4,7,10-11,18H,5-6,8-9H2,(H,19,20). The average molecular weight is 267 g/mol. The number of carbonyl (C=O) groups excluding carboxylic acids is 1. The van der Waals surface area contributed by atoms with Gasteiger partial charge < -0.3 is 10.6 Å². The maximum absolute atomic E-state index is 12.1. The van der Waals surface area contributed by atoms with Gasteiger partial charge in [-0.2, -0.15) is 0 Å². The van der Waals surface area contributed by atoms with Crippen molar-refractivity contribution in [3.63, 3.8) is 0 Å². The molecular formula is C16H17N3O. The maximum Gasteiger partial charge on any atom is 0.251 e. The molecule has 2 heterocycles. The molecule has 3 rings (SSSR count). The van der Waals surface area contributed by atoms with Crippen molar-refractivity contribution in [2.45, 2.75) is 12.8 Å². The van der Waals surface area contributed by atoms with Crippen molar-refractivity contribution in [3.05, 3.63) is 59.4 Å². The van der Waals surface area contributed by atoms with Gasteiger partial charge in [0.1, 0.15) is 0 Å². The number of benzene rings is 1. The molecule has 4 nitrogen and oxygen atoms in total. The Morgan fingerprint density at radius 2 is 2.30 bits per heavy atom. The van der Waals surface area contributed by atoms with Crippen LogP contribution in [0, 0.1) is 0 Å². The van der Waals surface area contributed by atoms with Gasteiger partial charge in [-0.1, -0.05) is 12.1 Å². The molecule has 0 radical (unpaired) electrons. The van der Waals surface area contributed by atoms with Crippen molar-refractivity contribution >= 4 is 11.6 Å². The molecule has 1 aliphatic rings. The zero-order valence-corrected chi connectivity index (χ0v) is 11.2. The third-order valence-corrected chi connectivity index (χ3v) is 3.50. The van der Waals surface area contributed by atoms with Crippen LogP contribution in [-0.2, 0) is 12.8 Å². The largest absolute Gasteiger partial charge is 0.384 e. The van der Waals surface area contributed by atoms with Gasteiger partial charge in [-0.3, -0.25) is 9.78 Å². The van der Waals surface area contributed by atoms with Gasteiger partial charge in [0.15, 0.2) is 0 Å². The highest BCUT2D eigenvalue weighted by atomic mass is 16.1. The molecule has 0 atom stereocenters. The Bertz CT molecular complexity index is 610. The Hall–Kier alpha value is -2.36. The van der Waals surface area contributed by atoms with Crippen LogP contribution in [-0.4, -0.2) is 24.0 Å². The number of amides is 1. The average Bonchev–Trinajstić information content (AvgIpc) is 2.95. The zero-order chi connectivity index (χ0) is 13.8. The minimum absolute atomic E-state index is 0.0228. The first kappa shape index (κ1) is 12.7. The van der Waals surface area contributed by atoms with Crippen molar-refractivity contribution in [2.24, 2.45) is 0 Å². The zero-order valence-electron chi connectivity index (χ0n) is 11.2. The molecule has 1 aromatic carbocycles. The first-order valence-corrected chi connectivity index (χ1v) is 6.87. The van der Waals surface area contributed by atoms with Gasteiger partial charge in [-0.05, 0) is 42.2 Å². The molecule has 0 fully saturated rings. The molecule has 1 amide bonds. The Morgan fingerprint density at radius 1 is 1.35 bits per heavy atom. The summed E-state index contributed by atoms with van der Waals surface area (Å²) in [5.74, 6) is -0.0228. The molecule has 102 valence electrons. The fourth-order valence-electron chi connectivity index (χ4n) is 2.40. The number of rotatable bonds is 4. The van der Waals surface area contributed by atoms with E-state index >= 15 is 0 Å². The number of nitrogens with zero attached hydrogens (tertiary/aromatic N) is 1. The number of aromatic nitrogens is 1. The van der Waals surface area contributed by atoms with Crippen molar-refractivity contribution in [3.8, 4) is 0 Å². The van der Waals surface area contributed by atoms with Crippen molar-refractivity contribution in [2.75, 3.05) is 18.4 Å². The van der Waals surface area contributed by atoms with Gasteiger partial charge in [-0.15, -0.1) is 0 Å². The first-order valence-electron chi connectivity index (χ1n) is 6.87. The molecule has 4 heteroatoms. The maximum atomic E-state index is 12.1. The lowest BCUT2D eigenvalue weighted by molar-refractivity contribution is 0.0954. The summed E-state index contributed by atoms with van der Waals surface area (Å²) < 4.78 is 0. The van der Waals surface area contributed by atoms with Crippen LogP contribution in [0.4, 0.5) is 5.69 Å². The highest BCUT2D eigenvalue weighted by Crippen LogP contribution is 2.23. The summed E-state index contributed by atoms with van der Waals surface area (Å²) in [7, 11) is 0. The fraction of sp³-hybridized carbons (Fsp3) is 0.250. The third-order valence-electron chi connectivity index (χ3n) is 3.50. The summed E-state index contributed by atoms with van der Waals surface area (Å²) in [6, 6.07) is 9.78. The SMILES string of the molecule is O=C(NCCc1cccnc1)c1ccc2c(c1)NCC2. The second-order valence-electron chi connectivity index (χ2n) is 4.92. The molecule has 0 unspecified atom stereocenters. The summed E-state index contributed by atoms with van der Waals surface area (Å²) in [5.41, 5.74) is 4.22. The van der Waals surface area contributed by atoms with E-state index in [-0.39, 0.29) is 5.91 Å². The lowest BCUT2D eigenvalue weighted by Crippen LogP contribution is -2.25. The minimum Gasteiger partial charge on any atom is -0.384 e. The second-order valence-corrected chi connectivity index (χ2v) is 4.92. The van der Waals surface area contributed by atoms with Gasteiger partial charge in [-0.25, -0.2) is 0 Å². The molecule has 1 aromatic heterocycles. The molecule has 1 aliphatic heterocycles. The first-order chi connectivity index (χ1) is 9.83. The van der Waals surface area contributed by atoms with E-state index in [0.717, 1.165) is 30.6 Å². The van der Waals surface area contributed by atoms with E-state index in [1.54, 1.807) is 6.20 Å². The number of hydrogen-bond acceptors (Lipinski definition) is 3. The van der Waals surface area contributed by atoms with E-state index in [4.69, 9.17) is 0 Å². The van der Waals surface area contributed by atoms with Crippen LogP contribution in [0.2, 0.25) is 0 Å². The number of fused-ring (bicyclic) bond motifs is 1. The second kappa shape index (κ2) is 5.74. The highest BCUT2D eigenvalue weighted by Gasteiger charge is 2.12. The third kappa shape index (κ3) is 2.79. The molecule has 2 aromatic rings. The Labute approximate surface area is 118 Å². The predicted octanol–water partition coefficient (Wildman–Crippen LogP) is 2.02. The summed E-state index contributed by atoms with van der Waals surface area (Å²) in [6.45, 7) is 1.58. The number of hydrogen-bond donors (Lipinski definition) is 2. The molecule has 20 heavy (non-hydrogen) atoms. The van der Waals surface area contributed by atoms with Crippen LogP contribution in [0.1, 0.15) is 21.5 Å². The van der Waals surface area contributed by atoms with Crippen LogP contribution in [0.15, 0.2) is 42.7 Å². The van der Waals surface area contributed by atoms with E-state index in [2.05, 4.69) is 15.6 Å². The summed E-state index contributed by atoms with van der Waals surface area (Å²) in [4.78, 5) is 16.1. The summed E-state index contributed by atoms with van der Waals surface area (Å²) in [5, 5.41) is 6.23. The Balaban J connectivity index is 1.57. The molecule has 0 saturated heterocycles. The van der Waals surface area contributed by atoms with Gasteiger partial charge in [0.05, 0.1) is 0 Å². The number of nitrogens with one attached hydrogen (secondary N) is 2. The smallest absolute Gasteiger partial charge is 0.251 e. The van der Waals surface area contributed by atoms with Crippen molar-refractivity contribution in [1.82, 2.24) is 10.3 Å². The molecule has 2 N–H and O–H groups in total. The molecule has 0 spiro atoms. The van der Waals surface area contributed by atoms with E-state index in [1.165, 1.54) is 5.56 Å². The Kier molecular flexibility index (Phi) is 3.63. The monoisotopic (exact) mass is 267 g/mol. The van der Waals surface area contributed by atoms with E-state index in [9.17, 15) is 4.79 Å². The van der Waals surface area contributed by atoms with E-state index < -0.39 is 0 Å². The van der Waals surface area contributed by atoms with Crippen LogP contribution >= 0.6 is 0 Å². The van der Waals surface area contributed by atoms with Gasteiger partial charge in [0.25, 0.3) is 5.91 Å². The normalized spacial score (nSPS) is 12.6. The van der Waals surface area contributed by atoms with Gasteiger partial charge in [0, 0.05) is 36.7 Å². The molecular weight excluding hydrogens is 250 g/mol. The quantitative estimate of drug-likeness (QED) is 0.891. The lowest BCUT2D eigenvalue weighted by atomic mass is 10.1. The predicted molar refractivity (Wildman–Crippen MR) is 78.9 cm³/mol. The van der Waals surface area contributed by atoms with Crippen molar-refractivity contribution < 1.29 is 4.79 Å². The minimum atomic E-state index is -0.0228. The molecule has 0 saturated carbocycles.